The van der Waals surface area contributed by atoms with Crippen LogP contribution in [0.1, 0.15) is 40.5 Å². The van der Waals surface area contributed by atoms with Crippen LogP contribution in [0.2, 0.25) is 0 Å². The van der Waals surface area contributed by atoms with Crippen molar-refractivity contribution in [1.29, 1.82) is 0 Å². The number of carboxylic acid groups (broad SMARTS) is 1. The van der Waals surface area contributed by atoms with E-state index in [0.717, 1.165) is 23.1 Å². The number of carboxylic acids is 1. The van der Waals surface area contributed by atoms with Gasteiger partial charge in [0, 0.05) is 5.39 Å². The number of carbonyl (C=O) groups is 1. The molecular formula is C24H21F2NO4. The summed E-state index contributed by atoms with van der Waals surface area (Å²) in [7, 11) is 1.38. The highest BCUT2D eigenvalue weighted by Crippen LogP contribution is 2.39. The van der Waals surface area contributed by atoms with Crippen LogP contribution in [0.15, 0.2) is 42.5 Å². The average molecular weight is 425 g/mol. The minimum atomic E-state index is -2.95. The predicted molar refractivity (Wildman–Crippen MR) is 114 cm³/mol. The van der Waals surface area contributed by atoms with Gasteiger partial charge in [-0.3, -0.25) is 0 Å². The van der Waals surface area contributed by atoms with E-state index in [1.165, 1.54) is 13.2 Å². The number of alkyl halides is 2. The first-order chi connectivity index (χ1) is 14.9. The number of hydrogen-bond acceptors (Lipinski definition) is 4. The molecule has 4 rings (SSSR count). The number of ether oxygens (including phenoxy) is 2. The minimum Gasteiger partial charge on any atom is -0.493 e. The van der Waals surface area contributed by atoms with Crippen molar-refractivity contribution in [1.82, 2.24) is 4.98 Å². The third-order valence-corrected chi connectivity index (χ3v) is 5.38. The summed E-state index contributed by atoms with van der Waals surface area (Å²) in [5.41, 5.74) is 3.92. The molecule has 1 heterocycles. The largest absolute Gasteiger partial charge is 0.493 e. The number of pyridine rings is 1. The molecule has 0 radical (unpaired) electrons. The SMILES string of the molecule is COc1cc(/C=C2/CC(C)Cc3c2nc2ccccc2c3C(=O)O)ccc1OC(F)F. The van der Waals surface area contributed by atoms with E-state index in [1.807, 2.05) is 12.1 Å². The zero-order valence-electron chi connectivity index (χ0n) is 17.1. The van der Waals surface area contributed by atoms with E-state index in [0.29, 0.717) is 23.0 Å². The normalized spacial score (nSPS) is 17.1. The standard InChI is InChI=1S/C24H21F2NO4/c1-13-9-15(11-14-7-8-19(31-24(25)26)20(12-14)30-2)22-17(10-13)21(23(28)29)16-5-3-4-6-18(16)27-22/h3-8,11-13,24H,9-10H2,1-2H3,(H,28,29)/b15-11-. The molecule has 0 saturated carbocycles. The Morgan fingerprint density at radius 1 is 1.19 bits per heavy atom. The van der Waals surface area contributed by atoms with Crippen LogP contribution in [0.3, 0.4) is 0 Å². The third-order valence-electron chi connectivity index (χ3n) is 5.38. The maximum absolute atomic E-state index is 12.6. The summed E-state index contributed by atoms with van der Waals surface area (Å²) in [6, 6.07) is 11.9. The fourth-order valence-electron chi connectivity index (χ4n) is 4.15. The number of fused-ring (bicyclic) bond motifs is 2. The van der Waals surface area contributed by atoms with E-state index < -0.39 is 12.6 Å². The predicted octanol–water partition coefficient (Wildman–Crippen LogP) is 5.67. The number of aromatic carboxylic acids is 1. The van der Waals surface area contributed by atoms with Gasteiger partial charge in [-0.05, 0) is 59.7 Å². The lowest BCUT2D eigenvalue weighted by Crippen LogP contribution is -2.17. The summed E-state index contributed by atoms with van der Waals surface area (Å²) in [4.78, 5) is 16.9. The number of hydrogen-bond donors (Lipinski definition) is 1. The van der Waals surface area contributed by atoms with Crippen molar-refractivity contribution in [2.45, 2.75) is 26.4 Å². The molecule has 1 aromatic heterocycles. The van der Waals surface area contributed by atoms with Crippen LogP contribution in [0.4, 0.5) is 8.78 Å². The van der Waals surface area contributed by atoms with Gasteiger partial charge in [-0.15, -0.1) is 0 Å². The van der Waals surface area contributed by atoms with Gasteiger partial charge in [0.2, 0.25) is 0 Å². The van der Waals surface area contributed by atoms with Crippen LogP contribution in [0, 0.1) is 5.92 Å². The van der Waals surface area contributed by atoms with Crippen molar-refractivity contribution in [3.8, 4) is 11.5 Å². The molecule has 0 spiro atoms. The molecule has 7 heteroatoms. The Labute approximate surface area is 177 Å². The van der Waals surface area contributed by atoms with Crippen LogP contribution >= 0.6 is 0 Å². The van der Waals surface area contributed by atoms with Crippen molar-refractivity contribution in [2.24, 2.45) is 5.92 Å². The van der Waals surface area contributed by atoms with Gasteiger partial charge in [-0.2, -0.15) is 8.78 Å². The zero-order chi connectivity index (χ0) is 22.1. The molecule has 31 heavy (non-hydrogen) atoms. The fraction of sp³-hybridized carbons (Fsp3) is 0.250. The molecule has 0 amide bonds. The van der Waals surface area contributed by atoms with Crippen molar-refractivity contribution in [2.75, 3.05) is 7.11 Å². The van der Waals surface area contributed by atoms with Crippen LogP contribution in [0.5, 0.6) is 11.5 Å². The van der Waals surface area contributed by atoms with E-state index in [9.17, 15) is 18.7 Å². The van der Waals surface area contributed by atoms with Gasteiger partial charge in [-0.1, -0.05) is 31.2 Å². The molecule has 0 aliphatic heterocycles. The molecule has 5 nitrogen and oxygen atoms in total. The van der Waals surface area contributed by atoms with E-state index in [-0.39, 0.29) is 23.0 Å². The van der Waals surface area contributed by atoms with Gasteiger partial charge >= 0.3 is 12.6 Å². The Kier molecular flexibility index (Phi) is 5.59. The minimum absolute atomic E-state index is 0.0469. The summed E-state index contributed by atoms with van der Waals surface area (Å²) in [5, 5.41) is 10.6. The Morgan fingerprint density at radius 2 is 1.97 bits per heavy atom. The Morgan fingerprint density at radius 3 is 2.68 bits per heavy atom. The highest BCUT2D eigenvalue weighted by Gasteiger charge is 2.28. The first kappa shape index (κ1) is 20.8. The number of allylic oxidation sites excluding steroid dienone is 1. The summed E-state index contributed by atoms with van der Waals surface area (Å²) in [6.07, 6.45) is 3.24. The number of halogens is 2. The number of benzene rings is 2. The van der Waals surface area contributed by atoms with E-state index in [4.69, 9.17) is 9.72 Å². The fourth-order valence-corrected chi connectivity index (χ4v) is 4.15. The van der Waals surface area contributed by atoms with Gasteiger partial charge in [0.05, 0.1) is 23.9 Å². The summed E-state index contributed by atoms with van der Waals surface area (Å²) < 4.78 is 34.9. The maximum atomic E-state index is 12.6. The zero-order valence-corrected chi connectivity index (χ0v) is 17.1. The van der Waals surface area contributed by atoms with Crippen molar-refractivity contribution in [3.05, 3.63) is 64.8 Å². The van der Waals surface area contributed by atoms with Crippen molar-refractivity contribution in [3.63, 3.8) is 0 Å². The van der Waals surface area contributed by atoms with Crippen molar-refractivity contribution >= 4 is 28.5 Å². The van der Waals surface area contributed by atoms with E-state index >= 15 is 0 Å². The highest BCUT2D eigenvalue weighted by molar-refractivity contribution is 6.05. The quantitative estimate of drug-likeness (QED) is 0.571. The monoisotopic (exact) mass is 425 g/mol. The first-order valence-electron chi connectivity index (χ1n) is 9.86. The van der Waals surface area contributed by atoms with Crippen LogP contribution in [-0.4, -0.2) is 29.8 Å². The molecule has 3 aromatic rings. The number of methoxy groups -OCH3 is 1. The number of aromatic nitrogens is 1. The Balaban J connectivity index is 1.87. The van der Waals surface area contributed by atoms with Gasteiger partial charge in [0.1, 0.15) is 0 Å². The second kappa shape index (κ2) is 8.34. The number of para-hydroxylation sites is 1. The van der Waals surface area contributed by atoms with Crippen LogP contribution in [-0.2, 0) is 6.42 Å². The van der Waals surface area contributed by atoms with Gasteiger partial charge < -0.3 is 14.6 Å². The summed E-state index contributed by atoms with van der Waals surface area (Å²) in [5.74, 6) is -0.604. The number of rotatable bonds is 5. The summed E-state index contributed by atoms with van der Waals surface area (Å²) in [6.45, 7) is -0.881. The second-order valence-electron chi connectivity index (χ2n) is 7.61. The lowest BCUT2D eigenvalue weighted by Gasteiger charge is -2.26. The van der Waals surface area contributed by atoms with Crippen LogP contribution < -0.4 is 9.47 Å². The Bertz CT molecular complexity index is 1190. The van der Waals surface area contributed by atoms with E-state index in [1.54, 1.807) is 30.3 Å². The number of nitrogens with zero attached hydrogens (tertiary/aromatic N) is 1. The molecule has 160 valence electrons. The second-order valence-corrected chi connectivity index (χ2v) is 7.61. The smallest absolute Gasteiger partial charge is 0.387 e. The molecule has 1 atom stereocenters. The molecule has 0 fully saturated rings. The lowest BCUT2D eigenvalue weighted by atomic mass is 9.80. The molecule has 0 bridgehead atoms. The molecule has 1 aliphatic carbocycles. The van der Waals surface area contributed by atoms with Crippen LogP contribution in [0.25, 0.3) is 22.6 Å². The molecule has 1 aliphatic rings. The highest BCUT2D eigenvalue weighted by atomic mass is 19.3. The maximum Gasteiger partial charge on any atom is 0.387 e. The molecule has 1 N–H and O–H groups in total. The lowest BCUT2D eigenvalue weighted by molar-refractivity contribution is -0.0512. The topological polar surface area (TPSA) is 68.7 Å². The summed E-state index contributed by atoms with van der Waals surface area (Å²) >= 11 is 0. The average Bonchev–Trinajstić information content (AvgIpc) is 2.72. The Hall–Kier alpha value is -3.48. The van der Waals surface area contributed by atoms with Gasteiger partial charge in [-0.25, -0.2) is 9.78 Å². The first-order valence-corrected chi connectivity index (χ1v) is 9.86. The molecule has 1 unspecified atom stereocenters. The molecule has 0 saturated heterocycles. The third kappa shape index (κ3) is 4.08. The van der Waals surface area contributed by atoms with E-state index in [2.05, 4.69) is 11.7 Å². The van der Waals surface area contributed by atoms with Gasteiger partial charge in [0.25, 0.3) is 0 Å². The molecular weight excluding hydrogens is 404 g/mol. The molecule has 2 aromatic carbocycles. The van der Waals surface area contributed by atoms with Crippen molar-refractivity contribution < 1.29 is 28.2 Å². The van der Waals surface area contributed by atoms with Gasteiger partial charge in [0.15, 0.2) is 11.5 Å².